The molecule has 12 heteroatoms. The van der Waals surface area contributed by atoms with Gasteiger partial charge in [0.2, 0.25) is 23.6 Å². The second-order valence-corrected chi connectivity index (χ2v) is 12.9. The number of nitrogens with one attached hydrogen (secondary N) is 3. The predicted octanol–water partition coefficient (Wildman–Crippen LogP) is 1.44. The maximum atomic E-state index is 13.8. The molecule has 3 atom stereocenters. The van der Waals surface area contributed by atoms with Gasteiger partial charge in [0.15, 0.2) is 0 Å². The minimum Gasteiger partial charge on any atom is -0.391 e. The van der Waals surface area contributed by atoms with Gasteiger partial charge in [-0.1, -0.05) is 45.0 Å². The molecule has 4 rings (SSSR count). The van der Waals surface area contributed by atoms with Gasteiger partial charge in [0, 0.05) is 58.5 Å². The van der Waals surface area contributed by atoms with E-state index in [2.05, 4.69) is 20.9 Å². The number of hydrogen-bond acceptors (Lipinski definition) is 8. The van der Waals surface area contributed by atoms with Gasteiger partial charge < -0.3 is 30.9 Å². The average Bonchev–Trinajstić information content (AvgIpc) is 3.58. The van der Waals surface area contributed by atoms with Crippen molar-refractivity contribution < 1.29 is 24.3 Å². The maximum Gasteiger partial charge on any atom is 0.246 e. The van der Waals surface area contributed by atoms with Gasteiger partial charge in [-0.3, -0.25) is 19.2 Å². The zero-order valence-electron chi connectivity index (χ0n) is 24.8. The lowest BCUT2D eigenvalue weighted by Gasteiger charge is -2.35. The summed E-state index contributed by atoms with van der Waals surface area (Å²) in [4.78, 5) is 60.9. The van der Waals surface area contributed by atoms with Gasteiger partial charge in [-0.2, -0.15) is 0 Å². The number of aliphatic hydroxyl groups excluding tert-OH is 1. The molecule has 0 radical (unpaired) electrons. The van der Waals surface area contributed by atoms with Crippen molar-refractivity contribution in [1.82, 2.24) is 30.7 Å². The van der Waals surface area contributed by atoms with Crippen molar-refractivity contribution in [3.05, 3.63) is 41.0 Å². The molecule has 42 heavy (non-hydrogen) atoms. The number of aryl methyl sites for hydroxylation is 1. The number of likely N-dealkylation sites (tertiary alicyclic amines) is 1. The Kier molecular flexibility index (Phi) is 10.3. The molecule has 2 aromatic rings. The fourth-order valence-corrected chi connectivity index (χ4v) is 6.12. The van der Waals surface area contributed by atoms with Crippen LogP contribution in [0.15, 0.2) is 29.8 Å². The highest BCUT2D eigenvalue weighted by Gasteiger charge is 2.44. The second-order valence-electron chi connectivity index (χ2n) is 12.1. The summed E-state index contributed by atoms with van der Waals surface area (Å²) in [6, 6.07) is 6.08. The molecular weight excluding hydrogens is 556 g/mol. The van der Waals surface area contributed by atoms with Gasteiger partial charge in [-0.15, -0.1) is 11.3 Å². The van der Waals surface area contributed by atoms with Gasteiger partial charge in [0.1, 0.15) is 12.1 Å². The Balaban J connectivity index is 1.35. The van der Waals surface area contributed by atoms with Crippen molar-refractivity contribution in [3.63, 3.8) is 0 Å². The molecule has 2 aliphatic rings. The minimum atomic E-state index is -0.928. The average molecular weight is 599 g/mol. The minimum absolute atomic E-state index is 0.00372. The molecule has 2 fully saturated rings. The van der Waals surface area contributed by atoms with Crippen LogP contribution >= 0.6 is 11.3 Å². The number of thiazole rings is 1. The van der Waals surface area contributed by atoms with Gasteiger partial charge in [-0.25, -0.2) is 4.98 Å². The van der Waals surface area contributed by atoms with Crippen molar-refractivity contribution >= 4 is 35.0 Å². The molecule has 1 aromatic carbocycles. The van der Waals surface area contributed by atoms with E-state index in [4.69, 9.17) is 0 Å². The van der Waals surface area contributed by atoms with Gasteiger partial charge in [0.05, 0.1) is 22.2 Å². The van der Waals surface area contributed by atoms with E-state index in [0.29, 0.717) is 13.1 Å². The van der Waals surface area contributed by atoms with E-state index in [9.17, 15) is 24.3 Å². The number of carbonyl (C=O) groups is 4. The molecule has 0 saturated carbocycles. The Morgan fingerprint density at radius 1 is 1.12 bits per heavy atom. The van der Waals surface area contributed by atoms with Crippen molar-refractivity contribution in [2.45, 2.75) is 71.7 Å². The predicted molar refractivity (Wildman–Crippen MR) is 160 cm³/mol. The molecule has 0 spiro atoms. The van der Waals surface area contributed by atoms with Crippen LogP contribution in [-0.2, 0) is 25.7 Å². The van der Waals surface area contributed by atoms with Gasteiger partial charge in [0.25, 0.3) is 0 Å². The Bertz CT molecular complexity index is 1270. The monoisotopic (exact) mass is 598 g/mol. The number of amides is 4. The number of rotatable bonds is 9. The van der Waals surface area contributed by atoms with Gasteiger partial charge in [-0.05, 0) is 23.5 Å². The summed E-state index contributed by atoms with van der Waals surface area (Å²) in [6.45, 7) is 10.4. The first-order valence-corrected chi connectivity index (χ1v) is 15.4. The molecule has 2 saturated heterocycles. The van der Waals surface area contributed by atoms with Crippen molar-refractivity contribution in [3.8, 4) is 10.4 Å². The number of aliphatic hydroxyl groups is 1. The first kappa shape index (κ1) is 31.6. The number of β-amino-alcohol motifs (C(OH)–C–C–N with tert-alkyl or cyclic N) is 1. The highest BCUT2D eigenvalue weighted by molar-refractivity contribution is 7.13. The summed E-state index contributed by atoms with van der Waals surface area (Å²) in [6.07, 6.45) is -0.698. The van der Waals surface area contributed by atoms with Gasteiger partial charge >= 0.3 is 0 Å². The van der Waals surface area contributed by atoms with E-state index in [1.807, 2.05) is 57.5 Å². The highest BCUT2D eigenvalue weighted by atomic mass is 32.1. The topological polar surface area (TPSA) is 144 Å². The lowest BCUT2D eigenvalue weighted by molar-refractivity contribution is -0.144. The summed E-state index contributed by atoms with van der Waals surface area (Å²) in [7, 11) is 0. The Morgan fingerprint density at radius 3 is 2.43 bits per heavy atom. The Labute approximate surface area is 251 Å². The number of carbonyl (C=O) groups excluding carboxylic acids is 4. The number of piperazine rings is 1. The van der Waals surface area contributed by atoms with Crippen LogP contribution in [0.3, 0.4) is 0 Å². The third kappa shape index (κ3) is 7.93. The third-order valence-electron chi connectivity index (χ3n) is 7.75. The lowest BCUT2D eigenvalue weighted by Crippen LogP contribution is -2.57. The Hall–Kier alpha value is -3.35. The van der Waals surface area contributed by atoms with Crippen molar-refractivity contribution in [2.75, 3.05) is 32.7 Å². The van der Waals surface area contributed by atoms with Crippen LogP contribution in [0.25, 0.3) is 10.4 Å². The fraction of sp³-hybridized carbons (Fsp3) is 0.567. The number of benzene rings is 1. The van der Waals surface area contributed by atoms with Crippen LogP contribution in [0.4, 0.5) is 0 Å². The number of aromatic nitrogens is 1. The molecule has 4 amide bonds. The summed E-state index contributed by atoms with van der Waals surface area (Å²) in [5.74, 6) is -1.27. The molecule has 1 aromatic heterocycles. The van der Waals surface area contributed by atoms with Crippen LogP contribution in [0.5, 0.6) is 0 Å². The van der Waals surface area contributed by atoms with Crippen LogP contribution in [0.2, 0.25) is 0 Å². The maximum absolute atomic E-state index is 13.8. The highest BCUT2D eigenvalue weighted by Crippen LogP contribution is 2.28. The van der Waals surface area contributed by atoms with Crippen LogP contribution in [0, 0.1) is 12.3 Å². The smallest absolute Gasteiger partial charge is 0.246 e. The molecule has 0 aliphatic carbocycles. The van der Waals surface area contributed by atoms with E-state index in [-0.39, 0.29) is 44.2 Å². The zero-order chi connectivity index (χ0) is 30.4. The quantitative estimate of drug-likeness (QED) is 0.342. The summed E-state index contributed by atoms with van der Waals surface area (Å²) in [5, 5.41) is 19.3. The van der Waals surface area contributed by atoms with Crippen molar-refractivity contribution in [1.29, 1.82) is 0 Å². The molecule has 0 unspecified atom stereocenters. The molecule has 3 heterocycles. The number of nitrogens with zero attached hydrogens (tertiary/aromatic N) is 3. The van der Waals surface area contributed by atoms with E-state index >= 15 is 0 Å². The third-order valence-corrected chi connectivity index (χ3v) is 8.72. The van der Waals surface area contributed by atoms with E-state index in [1.165, 1.54) is 4.90 Å². The second kappa shape index (κ2) is 13.7. The van der Waals surface area contributed by atoms with Crippen molar-refractivity contribution in [2.24, 2.45) is 5.41 Å². The van der Waals surface area contributed by atoms with E-state index < -0.39 is 35.4 Å². The molecule has 0 bridgehead atoms. The normalized spacial score (nSPS) is 19.8. The molecule has 2 aliphatic heterocycles. The molecular formula is C30H42N6O5S. The summed E-state index contributed by atoms with van der Waals surface area (Å²) >= 11 is 1.58. The lowest BCUT2D eigenvalue weighted by atomic mass is 9.85. The standard InChI is InChI=1S/C30H42N6O5S/c1-19-26(42-18-33-19)21-7-5-20(6-8-21)16-32-28(40)23-15-22(37)17-36(23)29(41)27(30(2,3)4)34-24(38)9-10-25(39)35-13-11-31-12-14-35/h5-8,18,22-23,27,31,37H,9-17H2,1-4H3,(H,32,40)(H,34,38)/t22-,23+,27-/m1/s1. The summed E-state index contributed by atoms with van der Waals surface area (Å²) < 4.78 is 0. The molecule has 11 nitrogen and oxygen atoms in total. The van der Waals surface area contributed by atoms with E-state index in [0.717, 1.165) is 34.8 Å². The fourth-order valence-electron chi connectivity index (χ4n) is 5.31. The Morgan fingerprint density at radius 2 is 1.81 bits per heavy atom. The largest absolute Gasteiger partial charge is 0.391 e. The summed E-state index contributed by atoms with van der Waals surface area (Å²) in [5.41, 5.74) is 4.08. The number of hydrogen-bond donors (Lipinski definition) is 4. The first-order valence-electron chi connectivity index (χ1n) is 14.5. The first-order chi connectivity index (χ1) is 19.9. The zero-order valence-corrected chi connectivity index (χ0v) is 25.6. The molecule has 4 N–H and O–H groups in total. The molecule has 228 valence electrons. The SMILES string of the molecule is Cc1ncsc1-c1ccc(CNC(=O)[C@@H]2C[C@@H](O)CN2C(=O)[C@@H](NC(=O)CCC(=O)N2CCNCC2)C(C)(C)C)cc1. The van der Waals surface area contributed by atoms with E-state index in [1.54, 1.807) is 16.2 Å². The van der Waals surface area contributed by atoms with Crippen LogP contribution in [0.1, 0.15) is 51.3 Å². The van der Waals surface area contributed by atoms with Crippen LogP contribution < -0.4 is 16.0 Å². The van der Waals surface area contributed by atoms with Crippen LogP contribution in [-0.4, -0.2) is 94.4 Å².